The molecule has 1 unspecified atom stereocenters. The molecule has 0 aromatic rings. The third-order valence-corrected chi connectivity index (χ3v) is 0.304. The number of nitrogens with one attached hydrogen (secondary N) is 1. The molecule has 2 N–H and O–H groups in total. The lowest BCUT2D eigenvalue weighted by atomic mass is 10.7. The highest BCUT2D eigenvalue weighted by molar-refractivity contribution is 5.70. The summed E-state index contributed by atoms with van der Waals surface area (Å²) in [6, 6.07) is -1.09. The van der Waals surface area contributed by atoms with Gasteiger partial charge in [-0.25, -0.2) is 10.5 Å². The van der Waals surface area contributed by atoms with Gasteiger partial charge in [0.15, 0.2) is 0 Å². The summed E-state index contributed by atoms with van der Waals surface area (Å²) < 4.78 is 0. The van der Waals surface area contributed by atoms with Crippen LogP contribution in [-0.4, -0.2) is 17.4 Å². The fourth-order valence-corrected chi connectivity index (χ4v) is 0.170. The average Bonchev–Trinajstić information content (AvgIpc) is 1.27. The van der Waals surface area contributed by atoms with Crippen LogP contribution in [0.3, 0.4) is 0 Å². The Morgan fingerprint density at radius 1 is 2.00 bits per heavy atom. The van der Waals surface area contributed by atoms with Crippen molar-refractivity contribution in [2.75, 3.05) is 0 Å². The molecule has 2 amide bonds. The van der Waals surface area contributed by atoms with E-state index in [1.807, 2.05) is 0 Å². The van der Waals surface area contributed by atoms with E-state index >= 15 is 0 Å². The molecule has 0 aliphatic carbocycles. The molecule has 2 radical (unpaired) electrons. The summed E-state index contributed by atoms with van der Waals surface area (Å²) in [7, 11) is 0. The quantitative estimate of drug-likeness (QED) is 0.476. The Morgan fingerprint density at radius 3 is 2.43 bits per heavy atom. The van der Waals surface area contributed by atoms with Gasteiger partial charge in [-0.3, -0.25) is 0 Å². The molecule has 0 heterocycles. The molecule has 0 saturated heterocycles. The van der Waals surface area contributed by atoms with Gasteiger partial charge in [-0.15, -0.1) is 0 Å². The topological polar surface area (TPSA) is 75.2 Å². The van der Waals surface area contributed by atoms with Gasteiger partial charge < -0.3 is 5.11 Å². The van der Waals surface area contributed by atoms with E-state index in [1.54, 1.807) is 0 Å². The minimum atomic E-state index is -1.09. The van der Waals surface area contributed by atoms with Crippen molar-refractivity contribution in [3.63, 3.8) is 0 Å². The zero-order valence-electron chi connectivity index (χ0n) is 3.88. The maximum atomic E-state index is 9.59. The summed E-state index contributed by atoms with van der Waals surface area (Å²) in [5.41, 5.74) is 6.14. The predicted octanol–water partition coefficient (Wildman–Crippen LogP) is -0.668. The predicted molar refractivity (Wildman–Crippen MR) is 22.3 cm³/mol. The van der Waals surface area contributed by atoms with Gasteiger partial charge >= 0.3 is 6.03 Å². The molecule has 0 aliphatic heterocycles. The number of rotatable bonds is 1. The van der Waals surface area contributed by atoms with Gasteiger partial charge in [0.05, 0.1) is 0 Å². The number of hydrogen-bond donors (Lipinski definition) is 1. The number of carbonyl (C=O) groups is 1. The van der Waals surface area contributed by atoms with Crippen LogP contribution in [0.4, 0.5) is 4.79 Å². The lowest BCUT2D eigenvalue weighted by molar-refractivity contribution is 0.156. The van der Waals surface area contributed by atoms with E-state index in [2.05, 4.69) is 5.32 Å². The Hall–Kier alpha value is -0.770. The smallest absolute Gasteiger partial charge is 0.357 e. The highest BCUT2D eigenvalue weighted by atomic mass is 16.3. The zero-order chi connectivity index (χ0) is 5.86. The minimum absolute atomic E-state index is 1.04. The Kier molecular flexibility index (Phi) is 2.15. The molecule has 0 saturated carbocycles. The van der Waals surface area contributed by atoms with Crippen molar-refractivity contribution < 1.29 is 9.90 Å². The Labute approximate surface area is 41.3 Å². The second kappa shape index (κ2) is 2.41. The average molecular weight is 102 g/mol. The first-order valence-electron chi connectivity index (χ1n) is 1.77. The Morgan fingerprint density at radius 2 is 2.43 bits per heavy atom. The van der Waals surface area contributed by atoms with Crippen LogP contribution in [-0.2, 0) is 0 Å². The maximum Gasteiger partial charge on any atom is 0.357 e. The number of amides is 2. The molecule has 0 fully saturated rings. The molecule has 0 aromatic heterocycles. The van der Waals surface area contributed by atoms with Gasteiger partial charge in [-0.2, -0.15) is 5.32 Å². The van der Waals surface area contributed by atoms with Crippen molar-refractivity contribution in [3.8, 4) is 0 Å². The molecule has 4 nitrogen and oxygen atoms in total. The van der Waals surface area contributed by atoms with Gasteiger partial charge in [-0.05, 0) is 6.92 Å². The number of urea groups is 1. The van der Waals surface area contributed by atoms with Crippen molar-refractivity contribution in [3.05, 3.63) is 0 Å². The molecule has 0 spiro atoms. The van der Waals surface area contributed by atoms with Crippen molar-refractivity contribution in [1.29, 1.82) is 0 Å². The first kappa shape index (κ1) is 6.23. The van der Waals surface area contributed by atoms with Gasteiger partial charge in [0.1, 0.15) is 6.23 Å². The Balaban J connectivity index is 3.13. The third kappa shape index (κ3) is 5.23. The summed E-state index contributed by atoms with van der Waals surface area (Å²) in [4.78, 5) is 9.59. The molecule has 0 aliphatic rings. The minimum Gasteiger partial charge on any atom is -0.372 e. The number of carbonyl (C=O) groups excluding carboxylic acids is 1. The molecule has 7 heavy (non-hydrogen) atoms. The fourth-order valence-electron chi connectivity index (χ4n) is 0.170. The number of aliphatic hydroxyl groups is 1. The first-order chi connectivity index (χ1) is 3.13. The monoisotopic (exact) mass is 102 g/mol. The molecule has 40 valence electrons. The standard InChI is InChI=1S/C3H6N2O2/c1-2(6)5-3(4)7/h2,4,6H,1H3. The van der Waals surface area contributed by atoms with E-state index in [9.17, 15) is 4.79 Å². The second-order valence-corrected chi connectivity index (χ2v) is 1.07. The van der Waals surface area contributed by atoms with Gasteiger partial charge in [0.2, 0.25) is 0 Å². The normalized spacial score (nSPS) is 12.9. The van der Waals surface area contributed by atoms with Crippen LogP contribution >= 0.6 is 0 Å². The van der Waals surface area contributed by atoms with E-state index in [0.717, 1.165) is 0 Å². The van der Waals surface area contributed by atoms with E-state index in [4.69, 9.17) is 10.8 Å². The molecular formula is C3H6N2O2. The van der Waals surface area contributed by atoms with Gasteiger partial charge in [0, 0.05) is 0 Å². The molecule has 0 rings (SSSR count). The molecule has 0 bridgehead atoms. The molecular weight excluding hydrogens is 96.0 g/mol. The lowest BCUT2D eigenvalue weighted by Gasteiger charge is -1.95. The molecule has 4 heteroatoms. The van der Waals surface area contributed by atoms with Crippen molar-refractivity contribution >= 4 is 6.03 Å². The van der Waals surface area contributed by atoms with Crippen LogP contribution in [0.2, 0.25) is 0 Å². The van der Waals surface area contributed by atoms with Crippen LogP contribution in [0.1, 0.15) is 6.92 Å². The van der Waals surface area contributed by atoms with Crippen molar-refractivity contribution in [2.24, 2.45) is 0 Å². The highest BCUT2D eigenvalue weighted by Gasteiger charge is 1.98. The van der Waals surface area contributed by atoms with E-state index < -0.39 is 12.3 Å². The summed E-state index contributed by atoms with van der Waals surface area (Å²) in [6.07, 6.45) is -1.04. The van der Waals surface area contributed by atoms with E-state index in [1.165, 1.54) is 6.92 Å². The van der Waals surface area contributed by atoms with Crippen LogP contribution in [0.15, 0.2) is 0 Å². The molecule has 0 aromatic carbocycles. The lowest BCUT2D eigenvalue weighted by Crippen LogP contribution is -2.23. The fraction of sp³-hybridized carbons (Fsp3) is 0.667. The SMILES string of the molecule is CC(O)[N]C([NH])=O. The highest BCUT2D eigenvalue weighted by Crippen LogP contribution is 1.71. The number of nitrogens with zero attached hydrogens (tertiary/aromatic N) is 1. The van der Waals surface area contributed by atoms with Crippen molar-refractivity contribution in [1.82, 2.24) is 11.1 Å². The summed E-state index contributed by atoms with van der Waals surface area (Å²) in [5, 5.41) is 11.1. The second-order valence-electron chi connectivity index (χ2n) is 1.07. The Bertz CT molecular complexity index is 71.3. The first-order valence-corrected chi connectivity index (χ1v) is 1.77. The van der Waals surface area contributed by atoms with E-state index in [0.29, 0.717) is 0 Å². The van der Waals surface area contributed by atoms with E-state index in [-0.39, 0.29) is 0 Å². The maximum absolute atomic E-state index is 9.59. The zero-order valence-corrected chi connectivity index (χ0v) is 3.88. The summed E-state index contributed by atoms with van der Waals surface area (Å²) >= 11 is 0. The number of aliphatic hydroxyl groups excluding tert-OH is 1. The third-order valence-electron chi connectivity index (χ3n) is 0.304. The largest absolute Gasteiger partial charge is 0.372 e. The summed E-state index contributed by atoms with van der Waals surface area (Å²) in [5.74, 6) is 0. The van der Waals surface area contributed by atoms with Crippen LogP contribution in [0.5, 0.6) is 0 Å². The van der Waals surface area contributed by atoms with Crippen LogP contribution in [0.25, 0.3) is 0 Å². The van der Waals surface area contributed by atoms with Crippen LogP contribution in [0, 0.1) is 0 Å². The van der Waals surface area contributed by atoms with Crippen molar-refractivity contribution in [2.45, 2.75) is 13.2 Å². The summed E-state index contributed by atoms with van der Waals surface area (Å²) in [6.45, 7) is 1.31. The van der Waals surface area contributed by atoms with Gasteiger partial charge in [-0.1, -0.05) is 0 Å². The van der Waals surface area contributed by atoms with Gasteiger partial charge in [0.25, 0.3) is 0 Å². The van der Waals surface area contributed by atoms with Crippen LogP contribution < -0.4 is 11.1 Å². The number of hydrogen-bond acceptors (Lipinski definition) is 2. The molecule has 1 atom stereocenters.